The third kappa shape index (κ3) is 5.11. The molecule has 0 atom stereocenters. The molecule has 0 aliphatic heterocycles. The van der Waals surface area contributed by atoms with Gasteiger partial charge in [-0.3, -0.25) is 5.43 Å². The van der Waals surface area contributed by atoms with Gasteiger partial charge in [0.05, 0.1) is 6.54 Å². The number of guanidine groups is 1. The van der Waals surface area contributed by atoms with Gasteiger partial charge in [-0.1, -0.05) is 0 Å². The first-order valence-electron chi connectivity index (χ1n) is 5.11. The fraction of sp³-hybridized carbons (Fsp3) is 0.500. The molecule has 0 saturated heterocycles. The first kappa shape index (κ1) is 13.0. The van der Waals surface area contributed by atoms with Gasteiger partial charge < -0.3 is 10.1 Å². The van der Waals surface area contributed by atoms with Crippen LogP contribution in [0.25, 0.3) is 0 Å². The number of hydrazine groups is 1. The highest BCUT2D eigenvalue weighted by Crippen LogP contribution is 2.06. The van der Waals surface area contributed by atoms with Gasteiger partial charge in [0.15, 0.2) is 0 Å². The zero-order chi connectivity index (χ0) is 11.6. The SMILES string of the molecule is COCCCNC(=NCc1ccsc1)NN. The molecule has 0 radical (unpaired) electrons. The molecule has 0 spiro atoms. The molecule has 0 amide bonds. The summed E-state index contributed by atoms with van der Waals surface area (Å²) in [5.41, 5.74) is 3.73. The summed E-state index contributed by atoms with van der Waals surface area (Å²) < 4.78 is 4.95. The third-order valence-corrected chi connectivity index (χ3v) is 2.69. The molecule has 0 aromatic carbocycles. The van der Waals surface area contributed by atoms with Crippen molar-refractivity contribution in [1.29, 1.82) is 0 Å². The molecule has 4 N–H and O–H groups in total. The summed E-state index contributed by atoms with van der Waals surface area (Å²) >= 11 is 1.67. The Morgan fingerprint density at radius 2 is 2.50 bits per heavy atom. The minimum absolute atomic E-state index is 0.613. The van der Waals surface area contributed by atoms with Crippen LogP contribution in [0.1, 0.15) is 12.0 Å². The third-order valence-electron chi connectivity index (χ3n) is 1.95. The Morgan fingerprint density at radius 1 is 1.62 bits per heavy atom. The Labute approximate surface area is 99.7 Å². The largest absolute Gasteiger partial charge is 0.385 e. The molecule has 0 bridgehead atoms. The van der Waals surface area contributed by atoms with E-state index in [1.807, 2.05) is 11.4 Å². The van der Waals surface area contributed by atoms with E-state index in [9.17, 15) is 0 Å². The average molecular weight is 242 g/mol. The number of nitrogens with two attached hydrogens (primary N) is 1. The van der Waals surface area contributed by atoms with Crippen molar-refractivity contribution in [2.24, 2.45) is 10.8 Å². The van der Waals surface area contributed by atoms with Crippen LogP contribution in [-0.4, -0.2) is 26.2 Å². The molecule has 1 aromatic rings. The quantitative estimate of drug-likeness (QED) is 0.226. The van der Waals surface area contributed by atoms with Gasteiger partial charge in [0.2, 0.25) is 5.96 Å². The molecule has 16 heavy (non-hydrogen) atoms. The van der Waals surface area contributed by atoms with Gasteiger partial charge in [0.25, 0.3) is 0 Å². The molecule has 0 saturated carbocycles. The van der Waals surface area contributed by atoms with Crippen LogP contribution in [0.15, 0.2) is 21.8 Å². The minimum atomic E-state index is 0.613. The number of aliphatic imine (C=N–C) groups is 1. The molecule has 0 aliphatic carbocycles. The lowest BCUT2D eigenvalue weighted by Crippen LogP contribution is -2.42. The normalized spacial score (nSPS) is 11.5. The topological polar surface area (TPSA) is 71.7 Å². The van der Waals surface area contributed by atoms with E-state index in [4.69, 9.17) is 10.6 Å². The van der Waals surface area contributed by atoms with Crippen molar-refractivity contribution in [3.05, 3.63) is 22.4 Å². The van der Waals surface area contributed by atoms with E-state index in [2.05, 4.69) is 21.1 Å². The number of methoxy groups -OCH3 is 1. The van der Waals surface area contributed by atoms with Crippen molar-refractivity contribution in [2.45, 2.75) is 13.0 Å². The summed E-state index contributed by atoms with van der Waals surface area (Å²) in [7, 11) is 1.69. The van der Waals surface area contributed by atoms with Crippen molar-refractivity contribution in [2.75, 3.05) is 20.3 Å². The van der Waals surface area contributed by atoms with Gasteiger partial charge in [-0.2, -0.15) is 11.3 Å². The Balaban J connectivity index is 2.27. The van der Waals surface area contributed by atoms with Gasteiger partial charge >= 0.3 is 0 Å². The minimum Gasteiger partial charge on any atom is -0.385 e. The van der Waals surface area contributed by atoms with E-state index in [-0.39, 0.29) is 0 Å². The molecule has 6 heteroatoms. The Kier molecular flexibility index (Phi) is 6.55. The molecular weight excluding hydrogens is 224 g/mol. The van der Waals surface area contributed by atoms with Gasteiger partial charge in [-0.25, -0.2) is 10.8 Å². The maximum atomic E-state index is 5.36. The summed E-state index contributed by atoms with van der Waals surface area (Å²) in [6, 6.07) is 2.05. The van der Waals surface area contributed by atoms with Crippen molar-refractivity contribution in [1.82, 2.24) is 10.7 Å². The van der Waals surface area contributed by atoms with E-state index in [0.29, 0.717) is 12.5 Å². The number of rotatable bonds is 6. The first-order valence-corrected chi connectivity index (χ1v) is 6.06. The van der Waals surface area contributed by atoms with Crippen LogP contribution < -0.4 is 16.6 Å². The van der Waals surface area contributed by atoms with Crippen molar-refractivity contribution >= 4 is 17.3 Å². The zero-order valence-corrected chi connectivity index (χ0v) is 10.2. The fourth-order valence-electron chi connectivity index (χ4n) is 1.13. The Bertz CT molecular complexity index is 300. The maximum absolute atomic E-state index is 5.36. The maximum Gasteiger partial charge on any atom is 0.206 e. The Hall–Kier alpha value is -1.11. The molecular formula is C10H18N4OS. The van der Waals surface area contributed by atoms with E-state index < -0.39 is 0 Å². The number of thiophene rings is 1. The van der Waals surface area contributed by atoms with E-state index in [1.165, 1.54) is 5.56 Å². The second kappa shape index (κ2) is 8.09. The smallest absolute Gasteiger partial charge is 0.206 e. The van der Waals surface area contributed by atoms with Crippen LogP contribution in [-0.2, 0) is 11.3 Å². The number of hydrogen-bond acceptors (Lipinski definition) is 4. The summed E-state index contributed by atoms with van der Waals surface area (Å²) in [6.07, 6.45) is 0.926. The van der Waals surface area contributed by atoms with Gasteiger partial charge in [-0.15, -0.1) is 0 Å². The van der Waals surface area contributed by atoms with Gasteiger partial charge in [-0.05, 0) is 28.8 Å². The van der Waals surface area contributed by atoms with Crippen molar-refractivity contribution < 1.29 is 4.74 Å². The highest BCUT2D eigenvalue weighted by molar-refractivity contribution is 7.07. The molecule has 90 valence electrons. The summed E-state index contributed by atoms with van der Waals surface area (Å²) in [4.78, 5) is 4.32. The second-order valence-corrected chi connectivity index (χ2v) is 3.99. The monoisotopic (exact) mass is 242 g/mol. The van der Waals surface area contributed by atoms with Crippen molar-refractivity contribution in [3.8, 4) is 0 Å². The second-order valence-electron chi connectivity index (χ2n) is 3.21. The summed E-state index contributed by atoms with van der Waals surface area (Å²) in [5.74, 6) is 5.97. The van der Waals surface area contributed by atoms with E-state index >= 15 is 0 Å². The standard InChI is InChI=1S/C10H18N4OS/c1-15-5-2-4-12-10(14-11)13-7-9-3-6-16-8-9/h3,6,8H,2,4-5,7,11H2,1H3,(H2,12,13,14). The van der Waals surface area contributed by atoms with Crippen LogP contribution in [0.2, 0.25) is 0 Å². The van der Waals surface area contributed by atoms with Crippen LogP contribution >= 0.6 is 11.3 Å². The molecule has 1 aromatic heterocycles. The van der Waals surface area contributed by atoms with E-state index in [0.717, 1.165) is 19.6 Å². The van der Waals surface area contributed by atoms with Crippen LogP contribution in [0.5, 0.6) is 0 Å². The number of nitrogens with one attached hydrogen (secondary N) is 2. The fourth-order valence-corrected chi connectivity index (χ4v) is 1.79. The lowest BCUT2D eigenvalue weighted by atomic mass is 10.3. The highest BCUT2D eigenvalue weighted by Gasteiger charge is 1.96. The van der Waals surface area contributed by atoms with Crippen molar-refractivity contribution in [3.63, 3.8) is 0 Å². The molecule has 0 unspecified atom stereocenters. The zero-order valence-electron chi connectivity index (χ0n) is 9.40. The lowest BCUT2D eigenvalue weighted by molar-refractivity contribution is 0.195. The summed E-state index contributed by atoms with van der Waals surface area (Å²) in [6.45, 7) is 2.16. The van der Waals surface area contributed by atoms with E-state index in [1.54, 1.807) is 18.4 Å². The number of hydrogen-bond donors (Lipinski definition) is 3. The van der Waals surface area contributed by atoms with Crippen LogP contribution in [0, 0.1) is 0 Å². The van der Waals surface area contributed by atoms with Gasteiger partial charge in [0, 0.05) is 20.3 Å². The van der Waals surface area contributed by atoms with Crippen LogP contribution in [0.4, 0.5) is 0 Å². The molecule has 0 fully saturated rings. The average Bonchev–Trinajstić information content (AvgIpc) is 2.81. The molecule has 0 aliphatic rings. The number of nitrogens with zero attached hydrogens (tertiary/aromatic N) is 1. The van der Waals surface area contributed by atoms with Crippen LogP contribution in [0.3, 0.4) is 0 Å². The molecule has 1 rings (SSSR count). The molecule has 1 heterocycles. The highest BCUT2D eigenvalue weighted by atomic mass is 32.1. The molecule has 5 nitrogen and oxygen atoms in total. The van der Waals surface area contributed by atoms with Gasteiger partial charge in [0.1, 0.15) is 0 Å². The Morgan fingerprint density at radius 3 is 3.12 bits per heavy atom. The predicted octanol–water partition coefficient (Wildman–Crippen LogP) is 0.694. The predicted molar refractivity (Wildman–Crippen MR) is 67.3 cm³/mol. The lowest BCUT2D eigenvalue weighted by Gasteiger charge is -2.08. The number of ether oxygens (including phenoxy) is 1. The first-order chi connectivity index (χ1) is 7.86. The summed E-state index contributed by atoms with van der Waals surface area (Å²) in [5, 5.41) is 7.21.